The highest BCUT2D eigenvalue weighted by Crippen LogP contribution is 2.49. The van der Waals surface area contributed by atoms with Gasteiger partial charge >= 0.3 is 0 Å². The lowest BCUT2D eigenvalue weighted by Gasteiger charge is -2.31. The van der Waals surface area contributed by atoms with Gasteiger partial charge in [0.1, 0.15) is 0 Å². The average molecular weight is 269 g/mol. The van der Waals surface area contributed by atoms with E-state index in [1.165, 1.54) is 43.7 Å². The molecule has 2 heteroatoms. The van der Waals surface area contributed by atoms with Crippen LogP contribution in [0.15, 0.2) is 0 Å². The highest BCUT2D eigenvalue weighted by atomic mass is 32.2. The molecular weight excluding hydrogens is 238 g/mol. The largest absolute Gasteiger partial charge is 0.313 e. The normalized spacial score (nSPS) is 32.3. The minimum absolute atomic E-state index is 0.795. The molecule has 0 amide bonds. The highest BCUT2D eigenvalue weighted by Gasteiger charge is 2.42. The van der Waals surface area contributed by atoms with Crippen LogP contribution in [0.3, 0.4) is 0 Å². The molecule has 18 heavy (non-hydrogen) atoms. The van der Waals surface area contributed by atoms with Crippen molar-refractivity contribution in [3.8, 4) is 0 Å². The molecule has 0 aromatic carbocycles. The van der Waals surface area contributed by atoms with E-state index in [1.807, 2.05) is 0 Å². The van der Waals surface area contributed by atoms with E-state index in [4.69, 9.17) is 0 Å². The zero-order valence-corrected chi connectivity index (χ0v) is 13.3. The molecule has 0 radical (unpaired) electrons. The maximum Gasteiger partial charge on any atom is 0.0189 e. The maximum atomic E-state index is 3.85. The van der Waals surface area contributed by atoms with Crippen LogP contribution >= 0.6 is 11.8 Å². The van der Waals surface area contributed by atoms with Gasteiger partial charge in [0.25, 0.3) is 0 Å². The Morgan fingerprint density at radius 1 is 1.17 bits per heavy atom. The molecule has 106 valence electrons. The van der Waals surface area contributed by atoms with Gasteiger partial charge in [-0.3, -0.25) is 0 Å². The van der Waals surface area contributed by atoms with Gasteiger partial charge in [0.05, 0.1) is 0 Å². The Kier molecular flexibility index (Phi) is 5.88. The first-order valence-electron chi connectivity index (χ1n) is 8.01. The van der Waals surface area contributed by atoms with Gasteiger partial charge in [-0.05, 0) is 61.7 Å². The SMILES string of the molecule is CCCNC(CSCC(C)C)C1CC2CCC1C2. The number of hydrogen-bond acceptors (Lipinski definition) is 2. The first-order valence-corrected chi connectivity index (χ1v) is 9.17. The summed E-state index contributed by atoms with van der Waals surface area (Å²) in [6, 6.07) is 0.795. The Morgan fingerprint density at radius 3 is 2.56 bits per heavy atom. The van der Waals surface area contributed by atoms with Crippen LogP contribution in [0.2, 0.25) is 0 Å². The highest BCUT2D eigenvalue weighted by molar-refractivity contribution is 7.99. The van der Waals surface area contributed by atoms with Crippen molar-refractivity contribution in [3.63, 3.8) is 0 Å². The van der Waals surface area contributed by atoms with Crippen molar-refractivity contribution >= 4 is 11.8 Å². The second-order valence-electron chi connectivity index (χ2n) is 6.83. The Balaban J connectivity index is 1.80. The molecule has 0 aromatic rings. The van der Waals surface area contributed by atoms with E-state index in [2.05, 4.69) is 37.8 Å². The molecule has 2 saturated carbocycles. The van der Waals surface area contributed by atoms with Crippen LogP contribution in [0.4, 0.5) is 0 Å². The molecule has 2 aliphatic rings. The zero-order valence-electron chi connectivity index (χ0n) is 12.5. The lowest BCUT2D eigenvalue weighted by molar-refractivity contribution is 0.264. The predicted molar refractivity (Wildman–Crippen MR) is 83.2 cm³/mol. The fourth-order valence-corrected chi connectivity index (χ4v) is 5.11. The Hall–Kier alpha value is 0.310. The molecule has 2 bridgehead atoms. The van der Waals surface area contributed by atoms with E-state index >= 15 is 0 Å². The molecule has 0 spiro atoms. The van der Waals surface area contributed by atoms with Crippen molar-refractivity contribution in [1.82, 2.24) is 5.32 Å². The first-order chi connectivity index (χ1) is 8.70. The topological polar surface area (TPSA) is 12.0 Å². The van der Waals surface area contributed by atoms with Crippen molar-refractivity contribution < 1.29 is 0 Å². The molecule has 1 nitrogen and oxygen atoms in total. The predicted octanol–water partition coefficient (Wildman–Crippen LogP) is 4.18. The summed E-state index contributed by atoms with van der Waals surface area (Å²) in [4.78, 5) is 0. The number of fused-ring (bicyclic) bond motifs is 2. The van der Waals surface area contributed by atoms with Crippen LogP contribution in [-0.2, 0) is 0 Å². The Morgan fingerprint density at radius 2 is 2.00 bits per heavy atom. The molecule has 2 fully saturated rings. The van der Waals surface area contributed by atoms with Gasteiger partial charge in [-0.25, -0.2) is 0 Å². The molecule has 0 saturated heterocycles. The lowest BCUT2D eigenvalue weighted by Crippen LogP contribution is -2.41. The van der Waals surface area contributed by atoms with Crippen LogP contribution in [0.25, 0.3) is 0 Å². The Bertz CT molecular complexity index is 241. The summed E-state index contributed by atoms with van der Waals surface area (Å²) >= 11 is 2.17. The van der Waals surface area contributed by atoms with Crippen molar-refractivity contribution in [2.75, 3.05) is 18.1 Å². The lowest BCUT2D eigenvalue weighted by atomic mass is 9.84. The summed E-state index contributed by atoms with van der Waals surface area (Å²) in [5.74, 6) is 6.64. The van der Waals surface area contributed by atoms with Crippen molar-refractivity contribution in [2.45, 2.75) is 58.9 Å². The van der Waals surface area contributed by atoms with Crippen LogP contribution in [0, 0.1) is 23.7 Å². The third kappa shape index (κ3) is 3.90. The number of rotatable bonds is 8. The van der Waals surface area contributed by atoms with Crippen molar-refractivity contribution in [3.05, 3.63) is 0 Å². The van der Waals surface area contributed by atoms with Gasteiger partial charge in [0.15, 0.2) is 0 Å². The summed E-state index contributed by atoms with van der Waals surface area (Å²) in [6.45, 7) is 8.16. The average Bonchev–Trinajstić information content (AvgIpc) is 2.95. The van der Waals surface area contributed by atoms with Crippen LogP contribution in [0.1, 0.15) is 52.9 Å². The maximum absolute atomic E-state index is 3.85. The summed E-state index contributed by atoms with van der Waals surface area (Å²) in [5, 5.41) is 3.85. The molecule has 2 aliphatic carbocycles. The van der Waals surface area contributed by atoms with E-state index in [0.717, 1.165) is 29.7 Å². The van der Waals surface area contributed by atoms with Gasteiger partial charge in [0, 0.05) is 11.8 Å². The first kappa shape index (κ1) is 14.7. The quantitative estimate of drug-likeness (QED) is 0.709. The standard InChI is InChI=1S/C16H31NS/c1-4-7-17-16(11-18-10-12(2)3)15-9-13-5-6-14(15)8-13/h12-17H,4-11H2,1-3H3. The summed E-state index contributed by atoms with van der Waals surface area (Å²) in [6.07, 6.45) is 7.39. The smallest absolute Gasteiger partial charge is 0.0189 e. The fraction of sp³-hybridized carbons (Fsp3) is 1.00. The molecule has 0 aromatic heterocycles. The third-order valence-corrected chi connectivity index (χ3v) is 6.21. The molecule has 1 N–H and O–H groups in total. The van der Waals surface area contributed by atoms with E-state index in [-0.39, 0.29) is 0 Å². The van der Waals surface area contributed by atoms with E-state index in [9.17, 15) is 0 Å². The molecule has 0 heterocycles. The minimum Gasteiger partial charge on any atom is -0.313 e. The molecule has 4 atom stereocenters. The molecule has 4 unspecified atom stereocenters. The van der Waals surface area contributed by atoms with Gasteiger partial charge in [-0.2, -0.15) is 11.8 Å². The van der Waals surface area contributed by atoms with Gasteiger partial charge in [-0.1, -0.05) is 27.2 Å². The second kappa shape index (κ2) is 7.19. The Labute approximate surface area is 118 Å². The number of thioether (sulfide) groups is 1. The van der Waals surface area contributed by atoms with E-state index in [1.54, 1.807) is 6.42 Å². The van der Waals surface area contributed by atoms with Gasteiger partial charge in [0.2, 0.25) is 0 Å². The van der Waals surface area contributed by atoms with Crippen molar-refractivity contribution in [1.29, 1.82) is 0 Å². The van der Waals surface area contributed by atoms with Gasteiger partial charge in [-0.15, -0.1) is 0 Å². The van der Waals surface area contributed by atoms with E-state index in [0.29, 0.717) is 0 Å². The number of nitrogens with one attached hydrogen (secondary N) is 1. The van der Waals surface area contributed by atoms with Crippen LogP contribution < -0.4 is 5.32 Å². The van der Waals surface area contributed by atoms with E-state index < -0.39 is 0 Å². The summed E-state index contributed by atoms with van der Waals surface area (Å²) in [5.41, 5.74) is 0. The molecule has 0 aliphatic heterocycles. The zero-order chi connectivity index (χ0) is 13.0. The summed E-state index contributed by atoms with van der Waals surface area (Å²) < 4.78 is 0. The van der Waals surface area contributed by atoms with Gasteiger partial charge < -0.3 is 5.32 Å². The van der Waals surface area contributed by atoms with Crippen LogP contribution in [-0.4, -0.2) is 24.1 Å². The number of hydrogen-bond donors (Lipinski definition) is 1. The molecular formula is C16H31NS. The third-order valence-electron chi connectivity index (χ3n) is 4.71. The fourth-order valence-electron chi connectivity index (χ4n) is 3.88. The van der Waals surface area contributed by atoms with Crippen LogP contribution in [0.5, 0.6) is 0 Å². The van der Waals surface area contributed by atoms with Crippen molar-refractivity contribution in [2.24, 2.45) is 23.7 Å². The minimum atomic E-state index is 0.795. The summed E-state index contributed by atoms with van der Waals surface area (Å²) in [7, 11) is 0. The molecule has 2 rings (SSSR count). The monoisotopic (exact) mass is 269 g/mol. The second-order valence-corrected chi connectivity index (χ2v) is 7.91.